The van der Waals surface area contributed by atoms with Gasteiger partial charge in [-0.25, -0.2) is 8.42 Å². The van der Waals surface area contributed by atoms with Gasteiger partial charge >= 0.3 is 0 Å². The molecule has 3 N–H and O–H groups in total. The number of fused-ring (bicyclic) bond motifs is 1. The summed E-state index contributed by atoms with van der Waals surface area (Å²) in [5.74, 6) is -0.737. The van der Waals surface area contributed by atoms with E-state index in [4.69, 9.17) is 17.3 Å². The Kier molecular flexibility index (Phi) is 4.13. The molecule has 3 rings (SSSR count). The fraction of sp³-hybridized carbons (Fsp3) is 0. The normalized spacial score (nSPS) is 11.4. The van der Waals surface area contributed by atoms with Crippen molar-refractivity contribution in [3.05, 3.63) is 65.4 Å². The molecule has 1 heterocycles. The van der Waals surface area contributed by atoms with Gasteiger partial charge in [0.2, 0.25) is 5.91 Å². The van der Waals surface area contributed by atoms with Gasteiger partial charge in [0.1, 0.15) is 4.90 Å². The van der Waals surface area contributed by atoms with Crippen molar-refractivity contribution in [3.63, 3.8) is 0 Å². The number of sulfonamides is 1. The molecule has 0 atom stereocenters. The number of nitrogens with zero attached hydrogens (tertiary/aromatic N) is 1. The fourth-order valence-corrected chi connectivity index (χ4v) is 3.88. The molecular formula is C16H12ClN3O3S. The summed E-state index contributed by atoms with van der Waals surface area (Å²) >= 11 is 5.99. The monoisotopic (exact) mass is 361 g/mol. The van der Waals surface area contributed by atoms with Crippen LogP contribution in [0.15, 0.2) is 59.8 Å². The van der Waals surface area contributed by atoms with Gasteiger partial charge in [-0.15, -0.1) is 0 Å². The summed E-state index contributed by atoms with van der Waals surface area (Å²) in [7, 11) is -4.00. The van der Waals surface area contributed by atoms with E-state index in [9.17, 15) is 13.2 Å². The summed E-state index contributed by atoms with van der Waals surface area (Å²) < 4.78 is 27.8. The van der Waals surface area contributed by atoms with Crippen LogP contribution in [0.4, 0.5) is 5.69 Å². The first-order valence-electron chi connectivity index (χ1n) is 6.83. The molecule has 0 saturated carbocycles. The minimum absolute atomic E-state index is 0.00518. The number of carbonyl (C=O) groups is 1. The van der Waals surface area contributed by atoms with Crippen molar-refractivity contribution in [1.29, 1.82) is 0 Å². The standard InChI is InChI=1S/C16H12ClN3O3S/c17-13-5-4-10(16(18)21)8-15(13)24(22,23)20-14-3-1-2-11-9-19-7-6-12(11)14/h1-9,20H,(H2,18,21). The number of anilines is 1. The van der Waals surface area contributed by atoms with E-state index >= 15 is 0 Å². The van der Waals surface area contributed by atoms with Gasteiger partial charge in [0.25, 0.3) is 10.0 Å². The largest absolute Gasteiger partial charge is 0.366 e. The summed E-state index contributed by atoms with van der Waals surface area (Å²) in [5, 5.41) is 1.47. The molecule has 8 heteroatoms. The summed E-state index contributed by atoms with van der Waals surface area (Å²) in [6.07, 6.45) is 3.20. The van der Waals surface area contributed by atoms with Crippen molar-refractivity contribution < 1.29 is 13.2 Å². The Hall–Kier alpha value is -2.64. The zero-order chi connectivity index (χ0) is 17.3. The molecule has 0 aliphatic carbocycles. The molecule has 2 aromatic carbocycles. The van der Waals surface area contributed by atoms with Crippen LogP contribution in [-0.4, -0.2) is 19.3 Å². The van der Waals surface area contributed by atoms with Crippen LogP contribution in [0.1, 0.15) is 10.4 Å². The number of nitrogens with two attached hydrogens (primary N) is 1. The van der Waals surface area contributed by atoms with Gasteiger partial charge in [-0.2, -0.15) is 0 Å². The predicted octanol–water partition coefficient (Wildman–Crippen LogP) is 2.79. The number of hydrogen-bond donors (Lipinski definition) is 2. The maximum absolute atomic E-state index is 12.7. The van der Waals surface area contributed by atoms with E-state index < -0.39 is 15.9 Å². The number of primary amides is 1. The number of carbonyl (C=O) groups excluding carboxylic acids is 1. The molecule has 0 aliphatic rings. The van der Waals surface area contributed by atoms with Crippen LogP contribution in [0, 0.1) is 0 Å². The van der Waals surface area contributed by atoms with Crippen molar-refractivity contribution in [1.82, 2.24) is 4.98 Å². The van der Waals surface area contributed by atoms with Crippen LogP contribution < -0.4 is 10.5 Å². The van der Waals surface area contributed by atoms with Crippen LogP contribution in [0.25, 0.3) is 10.8 Å². The zero-order valence-corrected chi connectivity index (χ0v) is 13.8. The van der Waals surface area contributed by atoms with Crippen LogP contribution in [0.3, 0.4) is 0 Å². The average Bonchev–Trinajstić information content (AvgIpc) is 2.55. The lowest BCUT2D eigenvalue weighted by Gasteiger charge is -2.12. The van der Waals surface area contributed by atoms with E-state index in [2.05, 4.69) is 9.71 Å². The Bertz CT molecular complexity index is 1050. The van der Waals surface area contributed by atoms with E-state index in [1.807, 2.05) is 6.07 Å². The summed E-state index contributed by atoms with van der Waals surface area (Å²) in [6.45, 7) is 0. The molecule has 1 aromatic heterocycles. The lowest BCUT2D eigenvalue weighted by Crippen LogP contribution is -2.16. The lowest BCUT2D eigenvalue weighted by atomic mass is 10.1. The Labute approximate surface area is 143 Å². The Morgan fingerprint density at radius 3 is 2.71 bits per heavy atom. The van der Waals surface area contributed by atoms with Crippen molar-refractivity contribution >= 4 is 44.0 Å². The van der Waals surface area contributed by atoms with Gasteiger partial charge in [0.05, 0.1) is 10.7 Å². The topological polar surface area (TPSA) is 102 Å². The number of halogens is 1. The maximum Gasteiger partial charge on any atom is 0.263 e. The third-order valence-electron chi connectivity index (χ3n) is 3.43. The predicted molar refractivity (Wildman–Crippen MR) is 92.5 cm³/mol. The van der Waals surface area contributed by atoms with Gasteiger partial charge < -0.3 is 5.73 Å². The number of nitrogens with one attached hydrogen (secondary N) is 1. The SMILES string of the molecule is NC(=O)c1ccc(Cl)c(S(=O)(=O)Nc2cccc3cnccc23)c1. The molecule has 6 nitrogen and oxygen atoms in total. The maximum atomic E-state index is 12.7. The molecule has 3 aromatic rings. The highest BCUT2D eigenvalue weighted by Crippen LogP contribution is 2.28. The number of pyridine rings is 1. The van der Waals surface area contributed by atoms with E-state index in [1.54, 1.807) is 30.6 Å². The Balaban J connectivity index is 2.09. The van der Waals surface area contributed by atoms with Gasteiger partial charge in [0.15, 0.2) is 0 Å². The third kappa shape index (κ3) is 3.04. The first-order valence-corrected chi connectivity index (χ1v) is 8.69. The number of aromatic nitrogens is 1. The van der Waals surface area contributed by atoms with Crippen molar-refractivity contribution in [2.24, 2.45) is 5.73 Å². The smallest absolute Gasteiger partial charge is 0.263 e. The Morgan fingerprint density at radius 1 is 1.17 bits per heavy atom. The highest BCUT2D eigenvalue weighted by atomic mass is 35.5. The summed E-state index contributed by atoms with van der Waals surface area (Å²) in [5.41, 5.74) is 5.64. The molecule has 0 spiro atoms. The molecular weight excluding hydrogens is 350 g/mol. The molecule has 0 radical (unpaired) electrons. The second-order valence-corrected chi connectivity index (χ2v) is 7.08. The number of benzene rings is 2. The van der Waals surface area contributed by atoms with E-state index in [1.165, 1.54) is 12.1 Å². The molecule has 0 saturated heterocycles. The quantitative estimate of drug-likeness (QED) is 0.745. The molecule has 1 amide bonds. The van der Waals surface area contributed by atoms with Crippen molar-refractivity contribution in [3.8, 4) is 0 Å². The van der Waals surface area contributed by atoms with Crippen molar-refractivity contribution in [2.45, 2.75) is 4.90 Å². The first kappa shape index (κ1) is 16.2. The molecule has 0 fully saturated rings. The highest BCUT2D eigenvalue weighted by molar-refractivity contribution is 7.92. The minimum Gasteiger partial charge on any atom is -0.366 e. The average molecular weight is 362 g/mol. The van der Waals surface area contributed by atoms with E-state index in [0.717, 1.165) is 11.5 Å². The first-order chi connectivity index (χ1) is 11.4. The number of hydrogen-bond acceptors (Lipinski definition) is 4. The van der Waals surface area contributed by atoms with E-state index in [-0.39, 0.29) is 15.5 Å². The van der Waals surface area contributed by atoms with Crippen LogP contribution in [0.5, 0.6) is 0 Å². The van der Waals surface area contributed by atoms with Crippen molar-refractivity contribution in [2.75, 3.05) is 4.72 Å². The fourth-order valence-electron chi connectivity index (χ4n) is 2.27. The molecule has 0 aliphatic heterocycles. The highest BCUT2D eigenvalue weighted by Gasteiger charge is 2.20. The number of amides is 1. The minimum atomic E-state index is -4.00. The van der Waals surface area contributed by atoms with E-state index in [0.29, 0.717) is 11.1 Å². The Morgan fingerprint density at radius 2 is 1.96 bits per heavy atom. The van der Waals surface area contributed by atoms with Gasteiger partial charge in [0, 0.05) is 28.7 Å². The molecule has 0 unspecified atom stereocenters. The van der Waals surface area contributed by atoms with Crippen LogP contribution in [-0.2, 0) is 10.0 Å². The van der Waals surface area contributed by atoms with Crippen LogP contribution >= 0.6 is 11.6 Å². The van der Waals surface area contributed by atoms with Gasteiger partial charge in [-0.05, 0) is 30.3 Å². The second kappa shape index (κ2) is 6.10. The van der Waals surface area contributed by atoms with Crippen LogP contribution in [0.2, 0.25) is 5.02 Å². The summed E-state index contributed by atoms with van der Waals surface area (Å²) in [4.78, 5) is 15.1. The third-order valence-corrected chi connectivity index (χ3v) is 5.28. The zero-order valence-electron chi connectivity index (χ0n) is 12.2. The molecule has 24 heavy (non-hydrogen) atoms. The lowest BCUT2D eigenvalue weighted by molar-refractivity contribution is 0.1000. The molecule has 122 valence electrons. The second-order valence-electron chi connectivity index (χ2n) is 5.02. The number of rotatable bonds is 4. The van der Waals surface area contributed by atoms with Gasteiger partial charge in [-0.3, -0.25) is 14.5 Å². The molecule has 0 bridgehead atoms. The van der Waals surface area contributed by atoms with Gasteiger partial charge in [-0.1, -0.05) is 23.7 Å². The summed E-state index contributed by atoms with van der Waals surface area (Å²) in [6, 6.07) is 10.7.